The van der Waals surface area contributed by atoms with E-state index in [1.807, 2.05) is 13.0 Å². The average molecular weight is 302 g/mol. The minimum Gasteiger partial charge on any atom is -0.374 e. The van der Waals surface area contributed by atoms with Gasteiger partial charge in [0.2, 0.25) is 5.91 Å². The topological polar surface area (TPSA) is 41.1 Å². The van der Waals surface area contributed by atoms with Crippen molar-refractivity contribution in [1.82, 2.24) is 5.32 Å². The van der Waals surface area contributed by atoms with Crippen LogP contribution in [0.3, 0.4) is 0 Å². The van der Waals surface area contributed by atoms with Gasteiger partial charge in [-0.2, -0.15) is 0 Å². The van der Waals surface area contributed by atoms with E-state index in [2.05, 4.69) is 34.2 Å². The minimum absolute atomic E-state index is 0.104. The van der Waals surface area contributed by atoms with E-state index in [-0.39, 0.29) is 11.9 Å². The predicted molar refractivity (Wildman–Crippen MR) is 89.9 cm³/mol. The number of amides is 1. The molecule has 1 aliphatic carbocycles. The number of nitrogens with one attached hydrogen (secondary N) is 2. The van der Waals surface area contributed by atoms with Crippen LogP contribution in [0.1, 0.15) is 39.0 Å². The van der Waals surface area contributed by atoms with Gasteiger partial charge >= 0.3 is 0 Å². The van der Waals surface area contributed by atoms with Crippen LogP contribution >= 0.6 is 11.3 Å². The van der Waals surface area contributed by atoms with Gasteiger partial charge in [0.25, 0.3) is 0 Å². The van der Waals surface area contributed by atoms with Crippen LogP contribution in [-0.2, 0) is 4.79 Å². The first-order valence-corrected chi connectivity index (χ1v) is 8.64. The lowest BCUT2D eigenvalue weighted by Gasteiger charge is -2.25. The van der Waals surface area contributed by atoms with E-state index in [9.17, 15) is 4.79 Å². The van der Waals surface area contributed by atoms with E-state index in [0.29, 0.717) is 6.04 Å². The highest BCUT2D eigenvalue weighted by atomic mass is 32.1. The van der Waals surface area contributed by atoms with E-state index in [4.69, 9.17) is 0 Å². The maximum atomic E-state index is 12.3. The Morgan fingerprint density at radius 1 is 1.24 bits per heavy atom. The number of anilines is 1. The van der Waals surface area contributed by atoms with Crippen LogP contribution in [-0.4, -0.2) is 18.0 Å². The van der Waals surface area contributed by atoms with Gasteiger partial charge < -0.3 is 10.6 Å². The standard InChI is InChI=1S/C17H22N2OS/c1-12(17(20)19-14-5-3-2-4-6-14)18-15-7-8-16-13(11-15)9-10-21-16/h7-12,14,18H,2-6H2,1H3,(H,19,20). The van der Waals surface area contributed by atoms with Crippen molar-refractivity contribution in [2.24, 2.45) is 0 Å². The molecule has 1 unspecified atom stereocenters. The lowest BCUT2D eigenvalue weighted by molar-refractivity contribution is -0.122. The lowest BCUT2D eigenvalue weighted by Crippen LogP contribution is -2.43. The molecule has 112 valence electrons. The molecule has 2 aromatic rings. The molecule has 3 nitrogen and oxygen atoms in total. The average Bonchev–Trinajstić information content (AvgIpc) is 2.95. The van der Waals surface area contributed by atoms with Gasteiger partial charge in [-0.3, -0.25) is 4.79 Å². The summed E-state index contributed by atoms with van der Waals surface area (Å²) >= 11 is 1.74. The zero-order chi connectivity index (χ0) is 14.7. The van der Waals surface area contributed by atoms with Gasteiger partial charge in [-0.15, -0.1) is 11.3 Å². The van der Waals surface area contributed by atoms with E-state index in [0.717, 1.165) is 18.5 Å². The van der Waals surface area contributed by atoms with Gasteiger partial charge in [-0.25, -0.2) is 0 Å². The fourth-order valence-corrected chi connectivity index (χ4v) is 3.72. The monoisotopic (exact) mass is 302 g/mol. The summed E-state index contributed by atoms with van der Waals surface area (Å²) in [6.07, 6.45) is 6.03. The molecule has 1 atom stereocenters. The molecule has 3 rings (SSSR count). The Kier molecular flexibility index (Phi) is 4.44. The summed E-state index contributed by atoms with van der Waals surface area (Å²) in [5, 5.41) is 9.80. The Morgan fingerprint density at radius 2 is 2.05 bits per heavy atom. The van der Waals surface area contributed by atoms with Gasteiger partial charge in [0.05, 0.1) is 0 Å². The maximum absolute atomic E-state index is 12.3. The third-order valence-corrected chi connectivity index (χ3v) is 5.08. The number of carbonyl (C=O) groups excluding carboxylic acids is 1. The maximum Gasteiger partial charge on any atom is 0.242 e. The Morgan fingerprint density at radius 3 is 2.86 bits per heavy atom. The Bertz CT molecular complexity index is 616. The van der Waals surface area contributed by atoms with Crippen LogP contribution in [0.25, 0.3) is 10.1 Å². The fourth-order valence-electron chi connectivity index (χ4n) is 2.95. The molecular weight excluding hydrogens is 280 g/mol. The molecule has 4 heteroatoms. The number of rotatable bonds is 4. The number of carbonyl (C=O) groups is 1. The molecule has 1 aliphatic rings. The molecule has 1 heterocycles. The van der Waals surface area contributed by atoms with Crippen molar-refractivity contribution in [1.29, 1.82) is 0 Å². The van der Waals surface area contributed by atoms with Crippen LogP contribution in [0.4, 0.5) is 5.69 Å². The van der Waals surface area contributed by atoms with Crippen molar-refractivity contribution in [3.05, 3.63) is 29.6 Å². The van der Waals surface area contributed by atoms with E-state index in [1.54, 1.807) is 11.3 Å². The quantitative estimate of drug-likeness (QED) is 0.890. The highest BCUT2D eigenvalue weighted by molar-refractivity contribution is 7.17. The van der Waals surface area contributed by atoms with Crippen molar-refractivity contribution in [2.45, 2.75) is 51.1 Å². The van der Waals surface area contributed by atoms with Gasteiger partial charge in [-0.05, 0) is 54.8 Å². The first-order valence-electron chi connectivity index (χ1n) is 7.76. The summed E-state index contributed by atoms with van der Waals surface area (Å²) in [6.45, 7) is 1.93. The highest BCUT2D eigenvalue weighted by Crippen LogP contribution is 2.24. The van der Waals surface area contributed by atoms with Crippen LogP contribution in [0.5, 0.6) is 0 Å². The summed E-state index contributed by atoms with van der Waals surface area (Å²) in [4.78, 5) is 12.3. The molecule has 0 bridgehead atoms. The van der Waals surface area contributed by atoms with Crippen LogP contribution in [0, 0.1) is 0 Å². The molecule has 1 fully saturated rings. The molecule has 0 saturated heterocycles. The van der Waals surface area contributed by atoms with Crippen molar-refractivity contribution < 1.29 is 4.79 Å². The zero-order valence-corrected chi connectivity index (χ0v) is 13.2. The molecule has 1 amide bonds. The van der Waals surface area contributed by atoms with Gasteiger partial charge in [0.15, 0.2) is 0 Å². The minimum atomic E-state index is -0.206. The second kappa shape index (κ2) is 6.48. The smallest absolute Gasteiger partial charge is 0.242 e. The Labute approximate surface area is 129 Å². The summed E-state index contributed by atoms with van der Waals surface area (Å²) in [5.41, 5.74) is 1.01. The first-order chi connectivity index (χ1) is 10.2. The number of benzene rings is 1. The van der Waals surface area contributed by atoms with Crippen molar-refractivity contribution in [3.8, 4) is 0 Å². The van der Waals surface area contributed by atoms with Crippen molar-refractivity contribution in [3.63, 3.8) is 0 Å². The largest absolute Gasteiger partial charge is 0.374 e. The highest BCUT2D eigenvalue weighted by Gasteiger charge is 2.19. The number of thiophene rings is 1. The molecule has 2 N–H and O–H groups in total. The van der Waals surface area contributed by atoms with Gasteiger partial charge in [0, 0.05) is 16.4 Å². The third kappa shape index (κ3) is 3.56. The van der Waals surface area contributed by atoms with Gasteiger partial charge in [-0.1, -0.05) is 19.3 Å². The van der Waals surface area contributed by atoms with E-state index < -0.39 is 0 Å². The summed E-state index contributed by atoms with van der Waals surface area (Å²) in [5.74, 6) is 0.104. The normalized spacial score (nSPS) is 17.6. The number of hydrogen-bond donors (Lipinski definition) is 2. The molecule has 21 heavy (non-hydrogen) atoms. The summed E-state index contributed by atoms with van der Waals surface area (Å²) in [7, 11) is 0. The SMILES string of the molecule is CC(Nc1ccc2sccc2c1)C(=O)NC1CCCCC1. The van der Waals surface area contributed by atoms with Crippen molar-refractivity contribution in [2.75, 3.05) is 5.32 Å². The predicted octanol–water partition coefficient (Wildman–Crippen LogP) is 4.15. The van der Waals surface area contributed by atoms with E-state index >= 15 is 0 Å². The lowest BCUT2D eigenvalue weighted by atomic mass is 9.95. The Balaban J connectivity index is 1.59. The molecular formula is C17H22N2OS. The second-order valence-corrected chi connectivity index (χ2v) is 6.83. The summed E-state index contributed by atoms with van der Waals surface area (Å²) in [6, 6.07) is 8.53. The third-order valence-electron chi connectivity index (χ3n) is 4.18. The van der Waals surface area contributed by atoms with Gasteiger partial charge in [0.1, 0.15) is 6.04 Å². The first kappa shape index (κ1) is 14.4. The van der Waals surface area contributed by atoms with Crippen molar-refractivity contribution >= 4 is 33.0 Å². The number of hydrogen-bond acceptors (Lipinski definition) is 3. The molecule has 0 radical (unpaired) electrons. The van der Waals surface area contributed by atoms with Crippen LogP contribution in [0.2, 0.25) is 0 Å². The molecule has 1 saturated carbocycles. The van der Waals surface area contributed by atoms with E-state index in [1.165, 1.54) is 29.3 Å². The molecule has 0 spiro atoms. The molecule has 0 aliphatic heterocycles. The fraction of sp³-hybridized carbons (Fsp3) is 0.471. The van der Waals surface area contributed by atoms with Crippen LogP contribution in [0.15, 0.2) is 29.6 Å². The van der Waals surface area contributed by atoms with Crippen LogP contribution < -0.4 is 10.6 Å². The molecule has 1 aromatic heterocycles. The Hall–Kier alpha value is -1.55. The second-order valence-electron chi connectivity index (χ2n) is 5.88. The number of fused-ring (bicyclic) bond motifs is 1. The zero-order valence-electron chi connectivity index (χ0n) is 12.4. The molecule has 1 aromatic carbocycles. The summed E-state index contributed by atoms with van der Waals surface area (Å²) < 4.78 is 1.28.